The molecule has 1 unspecified atom stereocenters. The van der Waals surface area contributed by atoms with Gasteiger partial charge in [0.25, 0.3) is 5.56 Å². The SMILES string of the molecule is Cc1cc2c(-c3cc(S(=N)(=O)C4CC4)ccc3NC3CCC4(CC3)CC4)cn(C)c(=O)c2[nH]1. The van der Waals surface area contributed by atoms with Crippen molar-refractivity contribution in [1.82, 2.24) is 9.55 Å². The van der Waals surface area contributed by atoms with Gasteiger partial charge in [-0.1, -0.05) is 0 Å². The number of hydrogen-bond acceptors (Lipinski definition) is 4. The summed E-state index contributed by atoms with van der Waals surface area (Å²) in [6.07, 6.45) is 11.3. The first kappa shape index (κ1) is 21.0. The molecule has 0 saturated heterocycles. The fourth-order valence-electron chi connectivity index (χ4n) is 5.61. The first-order valence-corrected chi connectivity index (χ1v) is 13.8. The maximum absolute atomic E-state index is 13.3. The summed E-state index contributed by atoms with van der Waals surface area (Å²) < 4.78 is 23.5. The summed E-state index contributed by atoms with van der Waals surface area (Å²) in [6.45, 7) is 1.96. The monoisotopic (exact) mass is 464 g/mol. The molecule has 1 aromatic carbocycles. The Bertz CT molecular complexity index is 1410. The number of pyridine rings is 1. The molecule has 3 aliphatic carbocycles. The third-order valence-electron chi connectivity index (χ3n) is 8.09. The highest BCUT2D eigenvalue weighted by atomic mass is 32.2. The van der Waals surface area contributed by atoms with Gasteiger partial charge in [-0.05, 0) is 88.0 Å². The molecule has 0 aliphatic heterocycles. The smallest absolute Gasteiger partial charge is 0.274 e. The van der Waals surface area contributed by atoms with Gasteiger partial charge in [-0.2, -0.15) is 0 Å². The number of fused-ring (bicyclic) bond motifs is 1. The van der Waals surface area contributed by atoms with E-state index in [9.17, 15) is 9.00 Å². The van der Waals surface area contributed by atoms with Gasteiger partial charge < -0.3 is 14.9 Å². The number of aromatic nitrogens is 2. The zero-order valence-corrected chi connectivity index (χ0v) is 20.2. The Balaban J connectivity index is 1.48. The molecule has 3 saturated carbocycles. The molecular formula is C26H32N4O2S. The van der Waals surface area contributed by atoms with Crippen LogP contribution in [0.15, 0.2) is 40.2 Å². The van der Waals surface area contributed by atoms with Crippen molar-refractivity contribution in [3.8, 4) is 11.1 Å². The van der Waals surface area contributed by atoms with Gasteiger partial charge in [-0.25, -0.2) is 8.99 Å². The lowest BCUT2D eigenvalue weighted by atomic mass is 9.83. The molecule has 6 rings (SSSR count). The van der Waals surface area contributed by atoms with Crippen molar-refractivity contribution in [1.29, 1.82) is 4.78 Å². The number of aryl methyl sites for hydroxylation is 2. The van der Waals surface area contributed by atoms with E-state index >= 15 is 0 Å². The van der Waals surface area contributed by atoms with E-state index in [0.717, 1.165) is 40.7 Å². The quantitative estimate of drug-likeness (QED) is 0.463. The van der Waals surface area contributed by atoms with E-state index in [1.54, 1.807) is 11.6 Å². The van der Waals surface area contributed by atoms with Crippen molar-refractivity contribution < 1.29 is 4.21 Å². The van der Waals surface area contributed by atoms with E-state index in [0.29, 0.717) is 21.9 Å². The number of nitrogens with one attached hydrogen (secondary N) is 3. The minimum atomic E-state index is -2.82. The lowest BCUT2D eigenvalue weighted by Gasteiger charge is -2.30. The van der Waals surface area contributed by atoms with Crippen LogP contribution in [0, 0.1) is 17.1 Å². The lowest BCUT2D eigenvalue weighted by Crippen LogP contribution is -2.27. The summed E-state index contributed by atoms with van der Waals surface area (Å²) in [5.74, 6) is 0. The Kier molecular flexibility index (Phi) is 4.60. The Labute approximate surface area is 194 Å². The predicted molar refractivity (Wildman–Crippen MR) is 133 cm³/mol. The van der Waals surface area contributed by atoms with E-state index in [4.69, 9.17) is 4.78 Å². The van der Waals surface area contributed by atoms with Gasteiger partial charge in [0.15, 0.2) is 0 Å². The van der Waals surface area contributed by atoms with Crippen LogP contribution < -0.4 is 10.9 Å². The fraction of sp³-hybridized carbons (Fsp3) is 0.500. The minimum Gasteiger partial charge on any atom is -0.382 e. The van der Waals surface area contributed by atoms with Gasteiger partial charge in [0, 0.05) is 57.3 Å². The average Bonchev–Trinajstić information content (AvgIpc) is 3.72. The summed E-state index contributed by atoms with van der Waals surface area (Å²) in [7, 11) is -1.05. The zero-order chi connectivity index (χ0) is 23.0. The Hall–Kier alpha value is -2.54. The summed E-state index contributed by atoms with van der Waals surface area (Å²) in [5, 5.41) is 4.63. The lowest BCUT2D eigenvalue weighted by molar-refractivity contribution is 0.317. The van der Waals surface area contributed by atoms with E-state index in [2.05, 4.69) is 10.3 Å². The minimum absolute atomic E-state index is 0.0353. The number of anilines is 1. The molecule has 2 aromatic heterocycles. The van der Waals surface area contributed by atoms with E-state index < -0.39 is 9.73 Å². The van der Waals surface area contributed by atoms with Crippen LogP contribution in [0.3, 0.4) is 0 Å². The van der Waals surface area contributed by atoms with Crippen LogP contribution in [0.5, 0.6) is 0 Å². The molecule has 174 valence electrons. The number of aromatic amines is 1. The third-order valence-corrected chi connectivity index (χ3v) is 10.5. The molecule has 0 bridgehead atoms. The van der Waals surface area contributed by atoms with Crippen LogP contribution in [0.2, 0.25) is 0 Å². The molecule has 7 heteroatoms. The van der Waals surface area contributed by atoms with Crippen LogP contribution in [0.4, 0.5) is 5.69 Å². The predicted octanol–water partition coefficient (Wildman–Crippen LogP) is 5.54. The van der Waals surface area contributed by atoms with Crippen LogP contribution in [0.25, 0.3) is 22.0 Å². The molecule has 3 fully saturated rings. The van der Waals surface area contributed by atoms with Crippen molar-refractivity contribution in [2.24, 2.45) is 12.5 Å². The van der Waals surface area contributed by atoms with Gasteiger partial charge in [0.2, 0.25) is 0 Å². The number of nitrogens with zero attached hydrogens (tertiary/aromatic N) is 1. The number of hydrogen-bond donors (Lipinski definition) is 3. The van der Waals surface area contributed by atoms with Gasteiger partial charge >= 0.3 is 0 Å². The second-order valence-electron chi connectivity index (χ2n) is 10.6. The van der Waals surface area contributed by atoms with E-state index in [1.165, 1.54) is 38.5 Å². The summed E-state index contributed by atoms with van der Waals surface area (Å²) in [6, 6.07) is 8.27. The molecule has 1 spiro atoms. The Morgan fingerprint density at radius 3 is 2.48 bits per heavy atom. The van der Waals surface area contributed by atoms with Gasteiger partial charge in [0.05, 0.1) is 9.73 Å². The van der Waals surface area contributed by atoms with E-state index in [-0.39, 0.29) is 10.8 Å². The van der Waals surface area contributed by atoms with Gasteiger partial charge in [0.1, 0.15) is 5.52 Å². The van der Waals surface area contributed by atoms with Gasteiger partial charge in [-0.15, -0.1) is 0 Å². The number of H-pyrrole nitrogens is 1. The first-order chi connectivity index (χ1) is 15.8. The first-order valence-electron chi connectivity index (χ1n) is 12.1. The van der Waals surface area contributed by atoms with Crippen LogP contribution in [-0.4, -0.2) is 25.1 Å². The Morgan fingerprint density at radius 2 is 1.82 bits per heavy atom. The maximum Gasteiger partial charge on any atom is 0.274 e. The maximum atomic E-state index is 13.3. The molecule has 33 heavy (non-hydrogen) atoms. The highest BCUT2D eigenvalue weighted by Gasteiger charge is 2.44. The highest BCUT2D eigenvalue weighted by molar-refractivity contribution is 7.93. The molecule has 2 heterocycles. The highest BCUT2D eigenvalue weighted by Crippen LogP contribution is 2.56. The fourth-order valence-corrected chi connectivity index (χ4v) is 7.36. The van der Waals surface area contributed by atoms with E-state index in [1.807, 2.05) is 37.4 Å². The van der Waals surface area contributed by atoms with Gasteiger partial charge in [-0.3, -0.25) is 4.79 Å². The average molecular weight is 465 g/mol. The molecule has 3 aromatic rings. The molecule has 1 atom stereocenters. The molecule has 6 nitrogen and oxygen atoms in total. The normalized spacial score (nSPS) is 21.9. The topological polar surface area (TPSA) is 90.7 Å². The molecule has 3 N–H and O–H groups in total. The molecule has 0 radical (unpaired) electrons. The summed E-state index contributed by atoms with van der Waals surface area (Å²) in [5.41, 5.74) is 4.96. The van der Waals surface area contributed by atoms with Crippen LogP contribution >= 0.6 is 0 Å². The summed E-state index contributed by atoms with van der Waals surface area (Å²) >= 11 is 0. The number of rotatable bonds is 5. The largest absolute Gasteiger partial charge is 0.382 e. The zero-order valence-electron chi connectivity index (χ0n) is 19.4. The summed E-state index contributed by atoms with van der Waals surface area (Å²) in [4.78, 5) is 16.6. The van der Waals surface area contributed by atoms with Crippen molar-refractivity contribution in [2.75, 3.05) is 5.32 Å². The van der Waals surface area contributed by atoms with Crippen LogP contribution in [0.1, 0.15) is 57.1 Å². The molecular weight excluding hydrogens is 432 g/mol. The molecule has 3 aliphatic rings. The second kappa shape index (κ2) is 7.23. The van der Waals surface area contributed by atoms with Crippen molar-refractivity contribution in [2.45, 2.75) is 74.5 Å². The van der Waals surface area contributed by atoms with Crippen molar-refractivity contribution in [3.05, 3.63) is 46.5 Å². The van der Waals surface area contributed by atoms with Crippen LogP contribution in [-0.2, 0) is 16.8 Å². The van der Waals surface area contributed by atoms with Crippen molar-refractivity contribution >= 4 is 26.3 Å². The standard InChI is InChI=1S/C26H32N4O2S/c1-16-13-21-22(15-30(2)25(31)24(21)28-16)20-14-19(33(27,32)18-3-4-18)5-6-23(20)29-17-7-9-26(10-8-17)11-12-26/h5-6,13-15,17-18,27-29H,3-4,7-12H2,1-2H3. The number of benzene rings is 1. The Morgan fingerprint density at radius 1 is 1.09 bits per heavy atom. The molecule has 0 amide bonds. The second-order valence-corrected chi connectivity index (χ2v) is 13.0. The van der Waals surface area contributed by atoms with Crippen molar-refractivity contribution in [3.63, 3.8) is 0 Å². The third kappa shape index (κ3) is 3.61.